The summed E-state index contributed by atoms with van der Waals surface area (Å²) in [5, 5.41) is 9.08. The second kappa shape index (κ2) is 7.90. The zero-order chi connectivity index (χ0) is 22.2. The number of anilines is 1. The maximum atomic E-state index is 14.9. The van der Waals surface area contributed by atoms with Crippen LogP contribution in [0, 0.1) is 11.6 Å². The van der Waals surface area contributed by atoms with Crippen LogP contribution >= 0.6 is 11.6 Å². The molecule has 0 aliphatic rings. The molecular weight excluding hydrogens is 436 g/mol. The Labute approximate surface area is 185 Å². The fourth-order valence-electron chi connectivity index (χ4n) is 3.43. The van der Waals surface area contributed by atoms with Crippen LogP contribution in [0.4, 0.5) is 14.5 Å². The molecule has 0 aliphatic carbocycles. The number of amides is 1. The number of aromatic nitrogens is 4. The SMILES string of the molecule is O=C(Nc1c(F)cccc1Cl)c1ccc(-c2cnc3ccc(-c4cn[nH]c4)cn23)cc1F. The van der Waals surface area contributed by atoms with Crippen LogP contribution < -0.4 is 5.32 Å². The molecule has 0 saturated carbocycles. The second-order valence-corrected chi connectivity index (χ2v) is 7.43. The van der Waals surface area contributed by atoms with E-state index < -0.39 is 17.5 Å². The van der Waals surface area contributed by atoms with Gasteiger partial charge in [-0.1, -0.05) is 23.7 Å². The molecule has 1 amide bonds. The van der Waals surface area contributed by atoms with Crippen molar-refractivity contribution in [1.82, 2.24) is 19.6 Å². The molecule has 5 rings (SSSR count). The van der Waals surface area contributed by atoms with Crippen LogP contribution in [0.5, 0.6) is 0 Å². The van der Waals surface area contributed by atoms with Gasteiger partial charge in [0.15, 0.2) is 0 Å². The summed E-state index contributed by atoms with van der Waals surface area (Å²) in [6.45, 7) is 0. The number of carbonyl (C=O) groups is 1. The van der Waals surface area contributed by atoms with E-state index in [9.17, 15) is 13.6 Å². The average molecular weight is 450 g/mol. The second-order valence-electron chi connectivity index (χ2n) is 7.02. The molecule has 32 heavy (non-hydrogen) atoms. The number of aromatic amines is 1. The number of benzene rings is 2. The van der Waals surface area contributed by atoms with Gasteiger partial charge in [0.2, 0.25) is 0 Å². The molecular formula is C23H14ClF2N5O. The maximum absolute atomic E-state index is 14.9. The molecule has 0 spiro atoms. The van der Waals surface area contributed by atoms with Gasteiger partial charge in [-0.3, -0.25) is 14.3 Å². The fraction of sp³-hybridized carbons (Fsp3) is 0. The summed E-state index contributed by atoms with van der Waals surface area (Å²) in [6.07, 6.45) is 6.97. The van der Waals surface area contributed by atoms with E-state index >= 15 is 0 Å². The van der Waals surface area contributed by atoms with Gasteiger partial charge < -0.3 is 5.32 Å². The van der Waals surface area contributed by atoms with E-state index in [-0.39, 0.29) is 16.3 Å². The average Bonchev–Trinajstić information content (AvgIpc) is 3.46. The fourth-order valence-corrected chi connectivity index (χ4v) is 3.64. The number of nitrogens with one attached hydrogen (secondary N) is 2. The van der Waals surface area contributed by atoms with Gasteiger partial charge in [-0.15, -0.1) is 0 Å². The Kier molecular flexibility index (Phi) is 4.91. The van der Waals surface area contributed by atoms with E-state index in [1.807, 2.05) is 22.7 Å². The number of nitrogens with zero attached hydrogens (tertiary/aromatic N) is 3. The van der Waals surface area contributed by atoms with Gasteiger partial charge in [-0.2, -0.15) is 5.10 Å². The number of pyridine rings is 1. The topological polar surface area (TPSA) is 75.1 Å². The molecule has 158 valence electrons. The Hall–Kier alpha value is -4.04. The lowest BCUT2D eigenvalue weighted by atomic mass is 10.1. The van der Waals surface area contributed by atoms with Crippen LogP contribution in [0.15, 0.2) is 73.3 Å². The molecule has 0 unspecified atom stereocenters. The quantitative estimate of drug-likeness (QED) is 0.376. The smallest absolute Gasteiger partial charge is 0.258 e. The lowest BCUT2D eigenvalue weighted by Crippen LogP contribution is -2.15. The van der Waals surface area contributed by atoms with Gasteiger partial charge in [0, 0.05) is 29.1 Å². The van der Waals surface area contributed by atoms with Crippen molar-refractivity contribution in [3.8, 4) is 22.4 Å². The van der Waals surface area contributed by atoms with Gasteiger partial charge in [0.05, 0.1) is 34.4 Å². The minimum Gasteiger partial charge on any atom is -0.318 e. The third kappa shape index (κ3) is 3.50. The lowest BCUT2D eigenvalue weighted by Gasteiger charge is -2.10. The van der Waals surface area contributed by atoms with Crippen molar-refractivity contribution in [2.45, 2.75) is 0 Å². The Morgan fingerprint density at radius 2 is 1.84 bits per heavy atom. The van der Waals surface area contributed by atoms with Crippen molar-refractivity contribution < 1.29 is 13.6 Å². The lowest BCUT2D eigenvalue weighted by molar-refractivity contribution is 0.102. The van der Waals surface area contributed by atoms with E-state index in [0.29, 0.717) is 16.9 Å². The number of H-pyrrole nitrogens is 1. The number of fused-ring (bicyclic) bond motifs is 1. The molecule has 3 heterocycles. The van der Waals surface area contributed by atoms with E-state index in [2.05, 4.69) is 20.5 Å². The molecule has 0 fully saturated rings. The predicted octanol–water partition coefficient (Wildman–Crippen LogP) is 5.58. The van der Waals surface area contributed by atoms with Gasteiger partial charge >= 0.3 is 0 Å². The minimum atomic E-state index is -0.804. The number of imidazole rings is 1. The van der Waals surface area contributed by atoms with Gasteiger partial charge in [-0.05, 0) is 36.4 Å². The molecule has 2 aromatic carbocycles. The Morgan fingerprint density at radius 1 is 1.00 bits per heavy atom. The van der Waals surface area contributed by atoms with Crippen LogP contribution in [-0.2, 0) is 0 Å². The van der Waals surface area contributed by atoms with Crippen molar-refractivity contribution in [1.29, 1.82) is 0 Å². The normalized spacial score (nSPS) is 11.1. The highest BCUT2D eigenvalue weighted by molar-refractivity contribution is 6.34. The summed E-state index contributed by atoms with van der Waals surface area (Å²) < 4.78 is 30.7. The van der Waals surface area contributed by atoms with Crippen LogP contribution in [0.2, 0.25) is 5.02 Å². The Morgan fingerprint density at radius 3 is 2.59 bits per heavy atom. The third-order valence-electron chi connectivity index (χ3n) is 5.05. The summed E-state index contributed by atoms with van der Waals surface area (Å²) in [7, 11) is 0. The summed E-state index contributed by atoms with van der Waals surface area (Å²) in [6, 6.07) is 12.0. The van der Waals surface area contributed by atoms with Crippen LogP contribution in [0.3, 0.4) is 0 Å². The zero-order valence-electron chi connectivity index (χ0n) is 16.3. The highest BCUT2D eigenvalue weighted by atomic mass is 35.5. The van der Waals surface area contributed by atoms with Crippen molar-refractivity contribution in [2.75, 3.05) is 5.32 Å². The molecule has 0 saturated heterocycles. The molecule has 0 atom stereocenters. The molecule has 2 N–H and O–H groups in total. The first-order chi connectivity index (χ1) is 15.5. The summed E-state index contributed by atoms with van der Waals surface area (Å²) in [5.74, 6) is -2.27. The molecule has 0 aliphatic heterocycles. The minimum absolute atomic E-state index is 0.0227. The van der Waals surface area contributed by atoms with Gasteiger partial charge in [-0.25, -0.2) is 13.8 Å². The monoisotopic (exact) mass is 449 g/mol. The molecule has 0 bridgehead atoms. The van der Waals surface area contributed by atoms with Gasteiger partial charge in [0.1, 0.15) is 17.3 Å². The highest BCUT2D eigenvalue weighted by Gasteiger charge is 2.17. The number of rotatable bonds is 4. The number of para-hydroxylation sites is 1. The molecule has 5 aromatic rings. The maximum Gasteiger partial charge on any atom is 0.258 e. The standard InChI is InChI=1S/C23H14ClF2N5O/c24-17-2-1-3-18(25)22(17)30-23(32)16-6-4-13(8-19(16)26)20-11-27-21-7-5-14(12-31(20)21)15-9-28-29-10-15/h1-12H,(H,28,29)(H,30,32). The van der Waals surface area contributed by atoms with Crippen LogP contribution in [0.1, 0.15) is 10.4 Å². The summed E-state index contributed by atoms with van der Waals surface area (Å²) >= 11 is 5.93. The number of hydrogen-bond acceptors (Lipinski definition) is 3. The number of hydrogen-bond donors (Lipinski definition) is 2. The zero-order valence-corrected chi connectivity index (χ0v) is 17.1. The number of carbonyl (C=O) groups excluding carboxylic acids is 1. The predicted molar refractivity (Wildman–Crippen MR) is 118 cm³/mol. The molecule has 3 aromatic heterocycles. The van der Waals surface area contributed by atoms with Crippen LogP contribution in [0.25, 0.3) is 28.0 Å². The van der Waals surface area contributed by atoms with E-state index in [4.69, 9.17) is 11.6 Å². The summed E-state index contributed by atoms with van der Waals surface area (Å²) in [5.41, 5.74) is 3.23. The molecule has 6 nitrogen and oxygen atoms in total. The van der Waals surface area contributed by atoms with Crippen molar-refractivity contribution in [2.24, 2.45) is 0 Å². The first kappa shape index (κ1) is 19.9. The third-order valence-corrected chi connectivity index (χ3v) is 5.36. The first-order valence-corrected chi connectivity index (χ1v) is 9.90. The summed E-state index contributed by atoms with van der Waals surface area (Å²) in [4.78, 5) is 16.9. The highest BCUT2D eigenvalue weighted by Crippen LogP contribution is 2.28. The first-order valence-electron chi connectivity index (χ1n) is 9.53. The Balaban J connectivity index is 1.49. The molecule has 9 heteroatoms. The Bertz CT molecular complexity index is 1440. The van der Waals surface area contributed by atoms with Crippen LogP contribution in [-0.4, -0.2) is 25.5 Å². The molecule has 0 radical (unpaired) electrons. The van der Waals surface area contributed by atoms with E-state index in [1.165, 1.54) is 24.3 Å². The largest absolute Gasteiger partial charge is 0.318 e. The van der Waals surface area contributed by atoms with Crippen molar-refractivity contribution >= 4 is 28.8 Å². The van der Waals surface area contributed by atoms with E-state index in [0.717, 1.165) is 17.2 Å². The van der Waals surface area contributed by atoms with Crippen molar-refractivity contribution in [3.05, 3.63) is 95.5 Å². The van der Waals surface area contributed by atoms with Crippen molar-refractivity contribution in [3.63, 3.8) is 0 Å². The van der Waals surface area contributed by atoms with Gasteiger partial charge in [0.25, 0.3) is 5.91 Å². The number of halogens is 3. The van der Waals surface area contributed by atoms with E-state index in [1.54, 1.807) is 24.7 Å².